The second-order valence-electron chi connectivity index (χ2n) is 7.17. The number of hydrogen-bond donors (Lipinski definition) is 0. The monoisotopic (exact) mass is 468 g/mol. The van der Waals surface area contributed by atoms with Gasteiger partial charge in [0.2, 0.25) is 0 Å². The Hall–Kier alpha value is -3.78. The van der Waals surface area contributed by atoms with Crippen LogP contribution in [0.2, 0.25) is 5.02 Å². The van der Waals surface area contributed by atoms with Crippen molar-refractivity contribution < 1.29 is 28.2 Å². The quantitative estimate of drug-likeness (QED) is 0.475. The summed E-state index contributed by atoms with van der Waals surface area (Å²) >= 11 is 5.98. The summed E-state index contributed by atoms with van der Waals surface area (Å²) in [5, 5.41) is 6.40. The number of methoxy groups -OCH3 is 2. The molecule has 33 heavy (non-hydrogen) atoms. The molecule has 170 valence electrons. The maximum Gasteiger partial charge on any atom is 0.338 e. The highest BCUT2D eigenvalue weighted by atomic mass is 35.5. The fourth-order valence-electron chi connectivity index (χ4n) is 3.50. The molecule has 0 spiro atoms. The van der Waals surface area contributed by atoms with E-state index in [1.54, 1.807) is 30.3 Å². The molecule has 9 heteroatoms. The van der Waals surface area contributed by atoms with Gasteiger partial charge in [-0.2, -0.15) is 5.10 Å². The van der Waals surface area contributed by atoms with Crippen molar-refractivity contribution in [1.29, 1.82) is 0 Å². The molecule has 0 N–H and O–H groups in total. The molecule has 1 atom stereocenters. The molecule has 8 nitrogen and oxygen atoms in total. The van der Waals surface area contributed by atoms with Crippen molar-refractivity contribution >= 4 is 29.2 Å². The van der Waals surface area contributed by atoms with Crippen molar-refractivity contribution in [2.75, 3.05) is 20.8 Å². The van der Waals surface area contributed by atoms with Crippen molar-refractivity contribution in [3.8, 4) is 11.5 Å². The second-order valence-corrected chi connectivity index (χ2v) is 7.61. The Morgan fingerprint density at radius 3 is 2.52 bits per heavy atom. The summed E-state index contributed by atoms with van der Waals surface area (Å²) < 4.78 is 21.1. The summed E-state index contributed by atoms with van der Waals surface area (Å²) in [7, 11) is 2.97. The van der Waals surface area contributed by atoms with Gasteiger partial charge in [0, 0.05) is 11.4 Å². The number of carbonyl (C=O) groups is 2. The minimum Gasteiger partial charge on any atom is -0.493 e. The van der Waals surface area contributed by atoms with Crippen LogP contribution >= 0.6 is 11.6 Å². The molecule has 2 aromatic carbocycles. The largest absolute Gasteiger partial charge is 0.493 e. The number of rotatable bonds is 7. The first-order valence-corrected chi connectivity index (χ1v) is 10.5. The number of ether oxygens (including phenoxy) is 3. The molecule has 3 aromatic rings. The average molecular weight is 469 g/mol. The summed E-state index contributed by atoms with van der Waals surface area (Å²) in [6.45, 7) is -0.484. The van der Waals surface area contributed by atoms with Gasteiger partial charge in [-0.1, -0.05) is 23.7 Å². The van der Waals surface area contributed by atoms with Gasteiger partial charge in [-0.3, -0.25) is 4.79 Å². The van der Waals surface area contributed by atoms with E-state index in [1.807, 2.05) is 12.1 Å². The molecule has 4 rings (SSSR count). The molecule has 0 saturated heterocycles. The van der Waals surface area contributed by atoms with E-state index in [1.165, 1.54) is 37.6 Å². The van der Waals surface area contributed by atoms with E-state index in [2.05, 4.69) is 5.10 Å². The van der Waals surface area contributed by atoms with E-state index >= 15 is 0 Å². The molecule has 0 radical (unpaired) electrons. The number of esters is 1. The topological polar surface area (TPSA) is 90.6 Å². The zero-order chi connectivity index (χ0) is 23.4. The van der Waals surface area contributed by atoms with Gasteiger partial charge >= 0.3 is 5.97 Å². The molecule has 1 aliphatic rings. The number of amides is 1. The molecule has 1 aromatic heterocycles. The Morgan fingerprint density at radius 2 is 1.85 bits per heavy atom. The van der Waals surface area contributed by atoms with Crippen molar-refractivity contribution in [2.45, 2.75) is 12.5 Å². The first-order valence-electron chi connectivity index (χ1n) is 10.1. The molecule has 2 heterocycles. The van der Waals surface area contributed by atoms with Crippen LogP contribution in [0.15, 0.2) is 70.4 Å². The van der Waals surface area contributed by atoms with Gasteiger partial charge in [-0.15, -0.1) is 0 Å². The third kappa shape index (κ3) is 4.85. The Labute approximate surface area is 195 Å². The van der Waals surface area contributed by atoms with Gasteiger partial charge in [-0.25, -0.2) is 9.80 Å². The molecule has 0 unspecified atom stereocenters. The SMILES string of the molecule is COc1ccc(C(=O)OCC(=O)N2N=C(c3ccc(Cl)cc3)C[C@H]2c2ccco2)cc1OC. The number of benzene rings is 2. The Balaban J connectivity index is 1.50. The van der Waals surface area contributed by atoms with E-state index in [9.17, 15) is 9.59 Å². The first kappa shape index (κ1) is 22.4. The lowest BCUT2D eigenvalue weighted by atomic mass is 10.0. The fraction of sp³-hybridized carbons (Fsp3) is 0.208. The minimum absolute atomic E-state index is 0.231. The van der Waals surface area contributed by atoms with Gasteiger partial charge < -0.3 is 18.6 Å². The normalized spacial score (nSPS) is 15.2. The van der Waals surface area contributed by atoms with Gasteiger partial charge in [0.1, 0.15) is 11.8 Å². The number of carbonyl (C=O) groups excluding carboxylic acids is 2. The second kappa shape index (κ2) is 9.79. The molecule has 0 bridgehead atoms. The standard InChI is InChI=1S/C24H21ClN2O6/c1-30-21-10-7-16(12-22(21)31-2)24(29)33-14-23(28)27-19(20-4-3-11-32-20)13-18(26-27)15-5-8-17(25)9-6-15/h3-12,19H,13-14H2,1-2H3/t19-/m0/s1. The predicted molar refractivity (Wildman–Crippen MR) is 121 cm³/mol. The molecule has 0 fully saturated rings. The van der Waals surface area contributed by atoms with E-state index < -0.39 is 24.5 Å². The van der Waals surface area contributed by atoms with Gasteiger partial charge in [0.05, 0.1) is 31.8 Å². The molecular weight excluding hydrogens is 448 g/mol. The fourth-order valence-corrected chi connectivity index (χ4v) is 3.63. The highest BCUT2D eigenvalue weighted by Gasteiger charge is 2.35. The summed E-state index contributed by atoms with van der Waals surface area (Å²) in [6, 6.07) is 14.9. The summed E-state index contributed by atoms with van der Waals surface area (Å²) in [6.07, 6.45) is 1.99. The van der Waals surface area contributed by atoms with Crippen LogP contribution in [0.25, 0.3) is 0 Å². The summed E-state index contributed by atoms with van der Waals surface area (Å²) in [4.78, 5) is 25.5. The van der Waals surface area contributed by atoms with Gasteiger partial charge in [0.25, 0.3) is 5.91 Å². The number of furan rings is 1. The average Bonchev–Trinajstić information content (AvgIpc) is 3.52. The van der Waals surface area contributed by atoms with Crippen LogP contribution in [0.3, 0.4) is 0 Å². The van der Waals surface area contributed by atoms with E-state index in [-0.39, 0.29) is 5.56 Å². The van der Waals surface area contributed by atoms with Crippen molar-refractivity contribution in [1.82, 2.24) is 5.01 Å². The van der Waals surface area contributed by atoms with Gasteiger partial charge in [-0.05, 0) is 48.0 Å². The number of hydrazone groups is 1. The van der Waals surface area contributed by atoms with Crippen LogP contribution in [-0.2, 0) is 9.53 Å². The molecule has 1 aliphatic heterocycles. The molecule has 0 aliphatic carbocycles. The van der Waals surface area contributed by atoms with Crippen LogP contribution in [-0.4, -0.2) is 43.4 Å². The Morgan fingerprint density at radius 1 is 1.09 bits per heavy atom. The smallest absolute Gasteiger partial charge is 0.338 e. The van der Waals surface area contributed by atoms with Crippen LogP contribution < -0.4 is 9.47 Å². The van der Waals surface area contributed by atoms with E-state index in [0.29, 0.717) is 34.4 Å². The molecule has 0 saturated carbocycles. The predicted octanol–water partition coefficient (Wildman–Crippen LogP) is 4.48. The minimum atomic E-state index is -0.667. The zero-order valence-corrected chi connectivity index (χ0v) is 18.7. The first-order chi connectivity index (χ1) is 16.0. The van der Waals surface area contributed by atoms with Crippen LogP contribution in [0, 0.1) is 0 Å². The van der Waals surface area contributed by atoms with Crippen LogP contribution in [0.1, 0.15) is 34.1 Å². The van der Waals surface area contributed by atoms with Crippen molar-refractivity contribution in [3.05, 3.63) is 82.8 Å². The lowest BCUT2D eigenvalue weighted by Crippen LogP contribution is -2.31. The summed E-state index contributed by atoms with van der Waals surface area (Å²) in [5.41, 5.74) is 1.77. The van der Waals surface area contributed by atoms with Crippen molar-refractivity contribution in [3.63, 3.8) is 0 Å². The number of halogens is 1. The number of hydrogen-bond acceptors (Lipinski definition) is 7. The van der Waals surface area contributed by atoms with Crippen LogP contribution in [0.4, 0.5) is 0 Å². The maximum atomic E-state index is 13.0. The van der Waals surface area contributed by atoms with E-state index in [0.717, 1.165) is 5.56 Å². The van der Waals surface area contributed by atoms with Gasteiger partial charge in [0.15, 0.2) is 18.1 Å². The highest BCUT2D eigenvalue weighted by Crippen LogP contribution is 2.33. The lowest BCUT2D eigenvalue weighted by molar-refractivity contribution is -0.136. The van der Waals surface area contributed by atoms with E-state index in [4.69, 9.17) is 30.2 Å². The number of nitrogens with zero attached hydrogens (tertiary/aromatic N) is 2. The summed E-state index contributed by atoms with van der Waals surface area (Å²) in [5.74, 6) is 0.303. The zero-order valence-electron chi connectivity index (χ0n) is 18.0. The third-order valence-corrected chi connectivity index (χ3v) is 5.41. The van der Waals surface area contributed by atoms with Crippen LogP contribution in [0.5, 0.6) is 11.5 Å². The maximum absolute atomic E-state index is 13.0. The highest BCUT2D eigenvalue weighted by molar-refractivity contribution is 6.30. The molecule has 1 amide bonds. The lowest BCUT2D eigenvalue weighted by Gasteiger charge is -2.19. The Kier molecular flexibility index (Phi) is 6.65. The van der Waals surface area contributed by atoms with Crippen molar-refractivity contribution in [2.24, 2.45) is 5.10 Å². The third-order valence-electron chi connectivity index (χ3n) is 5.16. The molecular formula is C24H21ClN2O6. The Bertz CT molecular complexity index is 1170.